The number of hydrogen-bond donors (Lipinski definition) is 7. The summed E-state index contributed by atoms with van der Waals surface area (Å²) in [5.41, 5.74) is 8.80. The van der Waals surface area contributed by atoms with E-state index < -0.39 is 47.7 Å². The molecule has 3 aliphatic rings. The second kappa shape index (κ2) is 66.0. The van der Waals surface area contributed by atoms with E-state index in [1.54, 1.807) is 33.5 Å². The molecule has 8 N–H and O–H groups in total. The molecule has 0 radical (unpaired) electrons. The fraction of sp³-hybridized carbons (Fsp3) is 0.598. The topological polar surface area (TPSA) is 510 Å². The van der Waals surface area contributed by atoms with Crippen molar-refractivity contribution in [2.75, 3.05) is 270 Å². The number of nitrogens with zero attached hydrogens (tertiary/aromatic N) is 11. The summed E-state index contributed by atoms with van der Waals surface area (Å²) in [4.78, 5) is 168. The molecule has 3 aliphatic heterocycles. The second-order valence-electron chi connectivity index (χ2n) is 30.7. The van der Waals surface area contributed by atoms with Crippen LogP contribution in [0, 0.1) is 39.5 Å². The van der Waals surface area contributed by atoms with Gasteiger partial charge in [-0.3, -0.25) is 38.6 Å². The molecule has 2 atom stereocenters. The number of nitrogens with one attached hydrogen (secondary N) is 5. The zero-order chi connectivity index (χ0) is 98.1. The number of imide groups is 1. The molecule has 0 spiro atoms. The predicted octanol–water partition coefficient (Wildman–Crippen LogP) is 7.25. The van der Waals surface area contributed by atoms with Crippen LogP contribution in [0.25, 0.3) is 0 Å². The Balaban J connectivity index is 0.000000310. The van der Waals surface area contributed by atoms with Crippen LogP contribution in [0.1, 0.15) is 95.5 Å². The van der Waals surface area contributed by atoms with Crippen LogP contribution in [0.2, 0.25) is 10.0 Å². The van der Waals surface area contributed by atoms with Crippen LogP contribution in [0.5, 0.6) is 0 Å². The third kappa shape index (κ3) is 46.9. The maximum atomic E-state index is 13.0. The molecular formula is C87H129Cl2N17O27S2. The molecule has 0 saturated carbocycles. The van der Waals surface area contributed by atoms with Crippen LogP contribution in [0.3, 0.4) is 0 Å². The van der Waals surface area contributed by atoms with Gasteiger partial charge in [-0.15, -0.1) is 5.06 Å². The first-order valence-corrected chi connectivity index (χ1v) is 46.3. The van der Waals surface area contributed by atoms with Gasteiger partial charge in [0.05, 0.1) is 126 Å². The number of aryl methyl sites for hydroxylation is 4. The van der Waals surface area contributed by atoms with Crippen molar-refractivity contribution in [1.82, 2.24) is 50.1 Å². The van der Waals surface area contributed by atoms with Crippen LogP contribution in [0.15, 0.2) is 60.9 Å². The van der Waals surface area contributed by atoms with Gasteiger partial charge in [0.1, 0.15) is 116 Å². The normalized spacial score (nSPS) is 13.8. The Morgan fingerprint density at radius 1 is 0.481 bits per heavy atom. The molecule has 0 unspecified atom stereocenters. The van der Waals surface area contributed by atoms with E-state index in [1.807, 2.05) is 91.8 Å². The fourth-order valence-electron chi connectivity index (χ4n) is 12.2. The number of para-hydroxylation sites is 2. The van der Waals surface area contributed by atoms with Gasteiger partial charge >= 0.3 is 23.9 Å². The summed E-state index contributed by atoms with van der Waals surface area (Å²) in [7, 11) is 4.77. The summed E-state index contributed by atoms with van der Waals surface area (Å²) in [6.07, 6.45) is 4.21. The molecular weight excluding hydrogens is 1850 g/mol. The van der Waals surface area contributed by atoms with Gasteiger partial charge in [-0.2, -0.15) is 0 Å². The smallest absolute Gasteiger partial charge is 0.358 e. The first-order chi connectivity index (χ1) is 65.0. The number of thiazole rings is 2. The first kappa shape index (κ1) is 114. The molecule has 6 aromatic rings. The molecule has 48 heteroatoms. The average molecular weight is 1980 g/mol. The van der Waals surface area contributed by atoms with Crippen molar-refractivity contribution in [3.05, 3.63) is 103 Å². The molecule has 7 heterocycles. The Morgan fingerprint density at radius 2 is 0.867 bits per heavy atom. The Hall–Kier alpha value is -9.61. The molecule has 3 fully saturated rings. The third-order valence-corrected chi connectivity index (χ3v) is 21.3. The largest absolute Gasteiger partial charge is 0.480 e. The molecule has 44 nitrogen and oxygen atoms in total. The van der Waals surface area contributed by atoms with E-state index >= 15 is 0 Å². The van der Waals surface area contributed by atoms with Crippen molar-refractivity contribution >= 4 is 144 Å². The number of carboxylic acid groups (broad SMARTS) is 1. The van der Waals surface area contributed by atoms with E-state index in [9.17, 15) is 43.2 Å². The lowest BCUT2D eigenvalue weighted by Crippen LogP contribution is -2.48. The first-order valence-electron chi connectivity index (χ1n) is 43.9. The summed E-state index contributed by atoms with van der Waals surface area (Å²) >= 11 is 15.0. The zero-order valence-electron chi connectivity index (χ0n) is 78.4. The molecule has 0 bridgehead atoms. The Kier molecular flexibility index (Phi) is 55.8. The van der Waals surface area contributed by atoms with Gasteiger partial charge in [-0.1, -0.05) is 97.8 Å². The number of ether oxygens (including phenoxy) is 12. The van der Waals surface area contributed by atoms with Gasteiger partial charge in [-0.05, 0) is 75.6 Å². The number of carbonyl (C=O) groups excluding carboxylic acids is 8. The number of aliphatic carboxylic acids is 1. The average Bonchev–Trinajstić information content (AvgIpc) is 1.77. The number of benzene rings is 2. The Labute approximate surface area is 803 Å². The SMILES string of the molecule is COCCOCCOCCOCC(=O)O.COCCOCCOCCOCC(=O)ON1C(=O)CCC1=O.COCCOOCCOOCCOCC(=O)N[C@@H](CC(C)C)C(=O)OCCN1CCN(c2cc(Nc3ncc(C(=O)Nc4c(C)cccc4Cl)s3)nc(C)n2)CC1.Cc1nc(Nc2ncc(C(=O)Nc3c(C)cccc3Cl)s2)cc(N2CCN(CCOC(=O)[C@@H](N)CC(C)C)CC2)n1. The van der Waals surface area contributed by atoms with E-state index in [4.69, 9.17) is 110 Å². The molecule has 0 aliphatic carbocycles. The van der Waals surface area contributed by atoms with Gasteiger partial charge in [0.2, 0.25) is 5.91 Å². The number of hydrogen-bond acceptors (Lipinski definition) is 41. The Morgan fingerprint density at radius 3 is 1.29 bits per heavy atom. The van der Waals surface area contributed by atoms with E-state index in [0.717, 1.165) is 62.0 Å². The van der Waals surface area contributed by atoms with Gasteiger partial charge in [0, 0.05) is 112 Å². The lowest BCUT2D eigenvalue weighted by Gasteiger charge is -2.35. The number of methoxy groups -OCH3 is 3. The van der Waals surface area contributed by atoms with Crippen molar-refractivity contribution in [3.8, 4) is 0 Å². The Bertz CT molecular complexity index is 4480. The highest BCUT2D eigenvalue weighted by Gasteiger charge is 2.33. The minimum Gasteiger partial charge on any atom is -0.480 e. The van der Waals surface area contributed by atoms with Crippen molar-refractivity contribution in [2.45, 2.75) is 93.2 Å². The standard InChI is InChI=1S/C37H53ClN8O10S.C28H37ClN8O3S.C13H21NO8.C9H18O6/c1-25(2)21-29(42-33(47)24-51-16-18-54-56-20-19-55-53-17-15-50-5)36(49)52-14-13-45-9-11-46(12-10-45)32-22-31(40-27(4)41-32)43-37-39-23-30(57-37)35(48)44-34-26(3)7-6-8-28(34)38;1-17(2)14-21(30)27(39)40-13-12-36-8-10-37(11-9-36)24-15-23(32-19(4)33-24)34-28-31-16-22(41-28)26(38)35-25-18(3)6-5-7-20(25)29;1-18-4-5-19-6-7-20-8-9-21-10-13(17)22-14-11(15)2-3-12(14)16;1-12-2-3-13-4-5-14-6-7-15-8-9(10)11/h6-8,22-23,25,29H,9-21,24H2,1-5H3,(H,42,47)(H,44,48)(H,39,40,41,43);5-7,15-17,21H,8-14,30H2,1-4H3,(H,35,38)(H,31,32,33,34);2-10H2,1H3;2-8H2,1H3,(H,10,11)/t29-;21-;;/m00../s1. The highest BCUT2D eigenvalue weighted by Crippen LogP contribution is 2.32. The quantitative estimate of drug-likeness (QED) is 0.00649. The number of esters is 2. The third-order valence-electron chi connectivity index (χ3n) is 18.9. The number of rotatable bonds is 59. The highest BCUT2D eigenvalue weighted by atomic mass is 35.5. The summed E-state index contributed by atoms with van der Waals surface area (Å²) in [5, 5.41) is 25.6. The second-order valence-corrected chi connectivity index (χ2v) is 33.6. The number of nitrogens with two attached hydrogens (primary N) is 1. The van der Waals surface area contributed by atoms with Gasteiger partial charge in [-0.25, -0.2) is 63.8 Å². The minimum atomic E-state index is -0.974. The van der Waals surface area contributed by atoms with Gasteiger partial charge in [0.25, 0.3) is 23.6 Å². The highest BCUT2D eigenvalue weighted by molar-refractivity contribution is 7.18. The van der Waals surface area contributed by atoms with Crippen LogP contribution in [-0.4, -0.2) is 354 Å². The monoisotopic (exact) mass is 1980 g/mol. The fourth-order valence-corrected chi connectivity index (χ4v) is 14.2. The summed E-state index contributed by atoms with van der Waals surface area (Å²) in [5.74, 6) is -0.197. The van der Waals surface area contributed by atoms with Crippen LogP contribution >= 0.6 is 45.9 Å². The van der Waals surface area contributed by atoms with Crippen LogP contribution < -0.4 is 42.1 Å². The number of halogens is 2. The van der Waals surface area contributed by atoms with Crippen molar-refractivity contribution in [3.63, 3.8) is 0 Å². The predicted molar refractivity (Wildman–Crippen MR) is 501 cm³/mol. The van der Waals surface area contributed by atoms with Crippen LogP contribution in [0.4, 0.5) is 44.9 Å². The number of aromatic nitrogens is 6. The maximum Gasteiger partial charge on any atom is 0.358 e. The molecule has 9 rings (SSSR count). The zero-order valence-corrected chi connectivity index (χ0v) is 81.5. The van der Waals surface area contributed by atoms with E-state index in [-0.39, 0.29) is 103 Å². The molecule has 3 saturated heterocycles. The molecule has 4 aromatic heterocycles. The summed E-state index contributed by atoms with van der Waals surface area (Å²) in [6, 6.07) is 13.3. The minimum absolute atomic E-state index is 0.0628. The summed E-state index contributed by atoms with van der Waals surface area (Å²) in [6.45, 7) is 28.8. The number of carbonyl (C=O) groups is 9. The van der Waals surface area contributed by atoms with E-state index in [2.05, 4.69) is 80.9 Å². The number of piperazine rings is 2. The lowest BCUT2D eigenvalue weighted by atomic mass is 10.0. The number of anilines is 8. The van der Waals surface area contributed by atoms with Crippen molar-refractivity contribution < 1.29 is 129 Å². The number of hydroxylamine groups is 2. The van der Waals surface area contributed by atoms with Crippen molar-refractivity contribution in [1.29, 1.82) is 0 Å². The van der Waals surface area contributed by atoms with Crippen LogP contribution in [-0.2, 0) is 115 Å². The van der Waals surface area contributed by atoms with E-state index in [0.29, 0.717) is 201 Å². The number of amides is 5. The van der Waals surface area contributed by atoms with E-state index in [1.165, 1.54) is 35.1 Å². The molecule has 750 valence electrons. The van der Waals surface area contributed by atoms with Gasteiger partial charge in [0.15, 0.2) is 10.3 Å². The number of carboxylic acids is 1. The molecule has 135 heavy (non-hydrogen) atoms. The van der Waals surface area contributed by atoms with Gasteiger partial charge < -0.3 is 109 Å². The summed E-state index contributed by atoms with van der Waals surface area (Å²) < 4.78 is 61.1. The molecule has 2 aromatic carbocycles. The lowest BCUT2D eigenvalue weighted by molar-refractivity contribution is -0.343. The molecule has 5 amide bonds. The maximum absolute atomic E-state index is 13.0. The van der Waals surface area contributed by atoms with Crippen molar-refractivity contribution in [2.24, 2.45) is 17.6 Å².